The van der Waals surface area contributed by atoms with E-state index in [1.807, 2.05) is 0 Å². The van der Waals surface area contributed by atoms with Crippen molar-refractivity contribution in [3.8, 4) is 0 Å². The Morgan fingerprint density at radius 2 is 1.29 bits per heavy atom. The molecule has 2 fully saturated rings. The Balaban J connectivity index is 1.51. The Hall–Kier alpha value is -3.48. The number of amides is 3. The third-order valence-electron chi connectivity index (χ3n) is 9.01. The lowest BCUT2D eigenvalue weighted by Crippen LogP contribution is -2.40. The Kier molecular flexibility index (Phi) is 11.6. The van der Waals surface area contributed by atoms with E-state index in [1.54, 1.807) is 39.0 Å². The van der Waals surface area contributed by atoms with Gasteiger partial charge in [-0.1, -0.05) is 38.4 Å². The molecule has 0 aliphatic heterocycles. The van der Waals surface area contributed by atoms with E-state index < -0.39 is 47.5 Å². The van der Waals surface area contributed by atoms with Crippen LogP contribution in [0.25, 0.3) is 0 Å². The highest BCUT2D eigenvalue weighted by Gasteiger charge is 2.42. The largest absolute Gasteiger partial charge is 0.391 e. The first kappa shape index (κ1) is 37.3. The van der Waals surface area contributed by atoms with Gasteiger partial charge in [-0.25, -0.2) is 0 Å². The monoisotopic (exact) mass is 702 g/mol. The van der Waals surface area contributed by atoms with Gasteiger partial charge in [0.2, 0.25) is 5.91 Å². The van der Waals surface area contributed by atoms with Gasteiger partial charge in [0.25, 0.3) is 11.8 Å². The molecule has 0 spiro atoms. The van der Waals surface area contributed by atoms with Gasteiger partial charge in [0.1, 0.15) is 0 Å². The molecule has 2 aliphatic carbocycles. The Morgan fingerprint density at radius 3 is 1.83 bits per heavy atom. The summed E-state index contributed by atoms with van der Waals surface area (Å²) in [7, 11) is 0. The summed E-state index contributed by atoms with van der Waals surface area (Å²) in [6, 6.07) is 8.41. The molecule has 2 aromatic carbocycles. The molecular formula is C34H41ClF6N4O3. The first-order valence-electron chi connectivity index (χ1n) is 16.0. The standard InChI is InChI=1S/C34H41ClF6N4O3/c1-32(2,3)31(48)42-18-19-4-14-27(35)25(16-19)29(46)45-24-13-15-28(43-22-9-5-20(6-10-22)33(36,37)38)26(17-24)30(47)44-23-11-7-21(8-12-23)34(39,40)41/h4,13-17,20-23,43H,5-12,18H2,1-3H3,(H,42,48)(H,44,47)(H,45,46)/t20-,21?,22-,23?. The van der Waals surface area contributed by atoms with E-state index in [4.69, 9.17) is 11.6 Å². The molecule has 0 heterocycles. The maximum absolute atomic E-state index is 13.6. The van der Waals surface area contributed by atoms with E-state index in [-0.39, 0.29) is 91.7 Å². The van der Waals surface area contributed by atoms with Crippen LogP contribution in [-0.2, 0) is 11.3 Å². The third-order valence-corrected chi connectivity index (χ3v) is 9.34. The van der Waals surface area contributed by atoms with Gasteiger partial charge in [-0.05, 0) is 87.3 Å². The van der Waals surface area contributed by atoms with Crippen LogP contribution in [0.2, 0.25) is 5.02 Å². The molecule has 0 saturated heterocycles. The van der Waals surface area contributed by atoms with Crippen LogP contribution in [0, 0.1) is 17.3 Å². The molecular weight excluding hydrogens is 662 g/mol. The number of rotatable bonds is 8. The molecule has 264 valence electrons. The topological polar surface area (TPSA) is 99.3 Å². The van der Waals surface area contributed by atoms with E-state index >= 15 is 0 Å². The van der Waals surface area contributed by atoms with Gasteiger partial charge >= 0.3 is 12.4 Å². The van der Waals surface area contributed by atoms with E-state index in [0.29, 0.717) is 11.3 Å². The van der Waals surface area contributed by atoms with Gasteiger partial charge in [0.05, 0.1) is 28.0 Å². The Labute approximate surface area is 280 Å². The van der Waals surface area contributed by atoms with Gasteiger partial charge < -0.3 is 21.3 Å². The highest BCUT2D eigenvalue weighted by atomic mass is 35.5. The van der Waals surface area contributed by atoms with Crippen LogP contribution in [-0.4, -0.2) is 42.2 Å². The molecule has 0 atom stereocenters. The molecule has 7 nitrogen and oxygen atoms in total. The molecule has 2 saturated carbocycles. The van der Waals surface area contributed by atoms with Gasteiger partial charge in [-0.2, -0.15) is 26.3 Å². The summed E-state index contributed by atoms with van der Waals surface area (Å²) in [4.78, 5) is 39.2. The molecule has 0 unspecified atom stereocenters. The average molecular weight is 703 g/mol. The summed E-state index contributed by atoms with van der Waals surface area (Å²) in [5, 5.41) is 11.7. The fourth-order valence-corrected chi connectivity index (χ4v) is 6.25. The number of anilines is 2. The molecule has 0 radical (unpaired) electrons. The lowest BCUT2D eigenvalue weighted by atomic mass is 9.85. The predicted octanol–water partition coefficient (Wildman–Crippen LogP) is 8.64. The Morgan fingerprint density at radius 1 is 0.729 bits per heavy atom. The highest BCUT2D eigenvalue weighted by Crippen LogP contribution is 2.39. The van der Waals surface area contributed by atoms with Crippen LogP contribution < -0.4 is 21.3 Å². The molecule has 2 aromatic rings. The lowest BCUT2D eigenvalue weighted by molar-refractivity contribution is -0.183. The van der Waals surface area contributed by atoms with Crippen LogP contribution in [0.1, 0.15) is 98.4 Å². The number of hydrogen-bond donors (Lipinski definition) is 4. The van der Waals surface area contributed by atoms with E-state index in [0.717, 1.165) is 0 Å². The minimum absolute atomic E-state index is 0.0566. The maximum Gasteiger partial charge on any atom is 0.391 e. The van der Waals surface area contributed by atoms with Crippen LogP contribution in [0.5, 0.6) is 0 Å². The third kappa shape index (κ3) is 10.0. The molecule has 0 aromatic heterocycles. The van der Waals surface area contributed by atoms with Crippen molar-refractivity contribution in [3.05, 3.63) is 58.1 Å². The fourth-order valence-electron chi connectivity index (χ4n) is 6.05. The SMILES string of the molecule is CC(C)(C)C(=O)NCc1ccc(Cl)c(C(=O)Nc2ccc(N[C@H]3CC[C@H](C(F)(F)F)CC3)c(C(=O)NC3CCC(C(F)(F)F)CC3)c2)c1. The fraction of sp³-hybridized carbons (Fsp3) is 0.559. The summed E-state index contributed by atoms with van der Waals surface area (Å²) in [6.07, 6.45) is -8.17. The summed E-state index contributed by atoms with van der Waals surface area (Å²) in [6.45, 7) is 5.48. The molecule has 4 N–H and O–H groups in total. The van der Waals surface area contributed by atoms with Crippen molar-refractivity contribution < 1.29 is 40.7 Å². The van der Waals surface area contributed by atoms with E-state index in [9.17, 15) is 40.7 Å². The summed E-state index contributed by atoms with van der Waals surface area (Å²) >= 11 is 6.33. The number of benzene rings is 2. The first-order chi connectivity index (χ1) is 22.3. The van der Waals surface area contributed by atoms with Gasteiger partial charge in [0, 0.05) is 35.4 Å². The van der Waals surface area contributed by atoms with E-state index in [2.05, 4.69) is 21.3 Å². The quantitative estimate of drug-likeness (QED) is 0.207. The molecule has 0 bridgehead atoms. The summed E-state index contributed by atoms with van der Waals surface area (Å²) in [5.74, 6) is -4.16. The smallest absolute Gasteiger partial charge is 0.382 e. The van der Waals surface area contributed by atoms with Gasteiger partial charge in [0.15, 0.2) is 0 Å². The zero-order valence-electron chi connectivity index (χ0n) is 27.0. The Bertz CT molecular complexity index is 1470. The molecule has 14 heteroatoms. The second-order valence-electron chi connectivity index (χ2n) is 13.8. The number of carbonyl (C=O) groups is 3. The van der Waals surface area contributed by atoms with Gasteiger partial charge in [-0.3, -0.25) is 14.4 Å². The summed E-state index contributed by atoms with van der Waals surface area (Å²) in [5.41, 5.74) is 0.785. The van der Waals surface area contributed by atoms with Crippen molar-refractivity contribution in [2.75, 3.05) is 10.6 Å². The van der Waals surface area contributed by atoms with Crippen LogP contribution >= 0.6 is 11.6 Å². The average Bonchev–Trinajstić information content (AvgIpc) is 3.00. The van der Waals surface area contributed by atoms with Crippen LogP contribution in [0.15, 0.2) is 36.4 Å². The minimum atomic E-state index is -4.30. The lowest BCUT2D eigenvalue weighted by Gasteiger charge is -2.32. The van der Waals surface area contributed by atoms with Crippen molar-refractivity contribution in [1.82, 2.24) is 10.6 Å². The molecule has 2 aliphatic rings. The van der Waals surface area contributed by atoms with Crippen LogP contribution in [0.3, 0.4) is 0 Å². The minimum Gasteiger partial charge on any atom is -0.382 e. The van der Waals surface area contributed by atoms with Gasteiger partial charge in [-0.15, -0.1) is 0 Å². The molecule has 4 rings (SSSR count). The van der Waals surface area contributed by atoms with Crippen molar-refractivity contribution in [2.24, 2.45) is 17.3 Å². The van der Waals surface area contributed by atoms with Crippen molar-refractivity contribution in [1.29, 1.82) is 0 Å². The van der Waals surface area contributed by atoms with Crippen molar-refractivity contribution >= 4 is 40.7 Å². The zero-order chi connectivity index (χ0) is 35.4. The predicted molar refractivity (Wildman–Crippen MR) is 172 cm³/mol. The molecule has 48 heavy (non-hydrogen) atoms. The number of nitrogens with one attached hydrogen (secondary N) is 4. The number of halogens is 7. The second-order valence-corrected chi connectivity index (χ2v) is 14.2. The van der Waals surface area contributed by atoms with Crippen molar-refractivity contribution in [2.45, 2.75) is 103 Å². The zero-order valence-corrected chi connectivity index (χ0v) is 27.8. The molecule has 3 amide bonds. The van der Waals surface area contributed by atoms with Crippen LogP contribution in [0.4, 0.5) is 37.7 Å². The number of alkyl halides is 6. The maximum atomic E-state index is 13.6. The van der Waals surface area contributed by atoms with Crippen molar-refractivity contribution in [3.63, 3.8) is 0 Å². The first-order valence-corrected chi connectivity index (χ1v) is 16.4. The normalized spacial score (nSPS) is 22.0. The highest BCUT2D eigenvalue weighted by molar-refractivity contribution is 6.34. The van der Waals surface area contributed by atoms with E-state index in [1.165, 1.54) is 18.2 Å². The summed E-state index contributed by atoms with van der Waals surface area (Å²) < 4.78 is 79.2. The second kappa shape index (κ2) is 15.0. The number of hydrogen-bond acceptors (Lipinski definition) is 4. The number of carbonyl (C=O) groups excluding carboxylic acids is 3.